The van der Waals surface area contributed by atoms with Crippen molar-refractivity contribution >= 4 is 11.9 Å². The van der Waals surface area contributed by atoms with Gasteiger partial charge in [-0.25, -0.2) is 9.78 Å². The molecule has 0 radical (unpaired) electrons. The number of aromatic nitrogens is 1. The van der Waals surface area contributed by atoms with Crippen molar-refractivity contribution in [2.45, 2.75) is 71.6 Å². The lowest BCUT2D eigenvalue weighted by Gasteiger charge is -2.20. The van der Waals surface area contributed by atoms with E-state index in [2.05, 4.69) is 4.98 Å². The second-order valence-electron chi connectivity index (χ2n) is 8.21. The third-order valence-electron chi connectivity index (χ3n) is 5.21. The first-order chi connectivity index (χ1) is 17.1. The molecule has 0 fully saturated rings. The van der Waals surface area contributed by atoms with Crippen LogP contribution in [0.1, 0.15) is 70.4 Å². The SMILES string of the molecule is CCCCOC(=O)C(C)Oc1ccc(Oc2ccc(C(F)(F)F)cn2)cc1C(C)C(=O)OCCCC. The Morgan fingerprint density at radius 3 is 2.14 bits per heavy atom. The van der Waals surface area contributed by atoms with Gasteiger partial charge in [0, 0.05) is 17.8 Å². The van der Waals surface area contributed by atoms with Crippen molar-refractivity contribution in [2.75, 3.05) is 13.2 Å². The van der Waals surface area contributed by atoms with Crippen LogP contribution in [-0.2, 0) is 25.2 Å². The number of nitrogens with zero attached hydrogens (tertiary/aromatic N) is 1. The third-order valence-corrected chi connectivity index (χ3v) is 5.21. The van der Waals surface area contributed by atoms with Gasteiger partial charge in [-0.15, -0.1) is 0 Å². The van der Waals surface area contributed by atoms with Crippen LogP contribution >= 0.6 is 0 Å². The van der Waals surface area contributed by atoms with Gasteiger partial charge in [0.2, 0.25) is 5.88 Å². The maximum atomic E-state index is 12.8. The van der Waals surface area contributed by atoms with Gasteiger partial charge in [-0.05, 0) is 51.0 Å². The van der Waals surface area contributed by atoms with E-state index in [1.165, 1.54) is 18.2 Å². The van der Waals surface area contributed by atoms with Crippen LogP contribution in [0, 0.1) is 0 Å². The molecule has 0 aliphatic heterocycles. The molecule has 36 heavy (non-hydrogen) atoms. The lowest BCUT2D eigenvalue weighted by atomic mass is 9.99. The van der Waals surface area contributed by atoms with E-state index in [1.54, 1.807) is 13.8 Å². The molecule has 10 heteroatoms. The molecule has 2 atom stereocenters. The molecule has 198 valence electrons. The highest BCUT2D eigenvalue weighted by atomic mass is 19.4. The maximum absolute atomic E-state index is 12.8. The van der Waals surface area contributed by atoms with Gasteiger partial charge in [-0.3, -0.25) is 4.79 Å². The Bertz CT molecular complexity index is 994. The zero-order chi connectivity index (χ0) is 26.7. The van der Waals surface area contributed by atoms with Gasteiger partial charge in [-0.1, -0.05) is 26.7 Å². The minimum absolute atomic E-state index is 0.0614. The number of unbranched alkanes of at least 4 members (excludes halogenated alkanes) is 2. The largest absolute Gasteiger partial charge is 0.479 e. The number of benzene rings is 1. The van der Waals surface area contributed by atoms with E-state index >= 15 is 0 Å². The Morgan fingerprint density at radius 1 is 0.944 bits per heavy atom. The Kier molecular flexibility index (Phi) is 11.0. The van der Waals surface area contributed by atoms with Gasteiger partial charge < -0.3 is 18.9 Å². The predicted molar refractivity (Wildman–Crippen MR) is 126 cm³/mol. The van der Waals surface area contributed by atoms with Crippen molar-refractivity contribution < 1.29 is 41.7 Å². The molecule has 0 bridgehead atoms. The Labute approximate surface area is 208 Å². The summed E-state index contributed by atoms with van der Waals surface area (Å²) in [6.07, 6.45) is -1.60. The van der Waals surface area contributed by atoms with Crippen LogP contribution in [0.4, 0.5) is 13.2 Å². The Balaban J connectivity index is 2.27. The minimum atomic E-state index is -4.51. The van der Waals surface area contributed by atoms with E-state index in [1.807, 2.05) is 13.8 Å². The highest BCUT2D eigenvalue weighted by molar-refractivity contribution is 5.79. The molecule has 0 saturated carbocycles. The molecule has 0 N–H and O–H groups in total. The number of carbonyl (C=O) groups is 2. The number of pyridine rings is 1. The lowest BCUT2D eigenvalue weighted by molar-refractivity contribution is -0.151. The first-order valence-corrected chi connectivity index (χ1v) is 11.9. The summed E-state index contributed by atoms with van der Waals surface area (Å²) in [5.41, 5.74) is -0.517. The fourth-order valence-corrected chi connectivity index (χ4v) is 3.01. The molecule has 0 spiro atoms. The molecule has 2 unspecified atom stereocenters. The maximum Gasteiger partial charge on any atom is 0.417 e. The van der Waals surface area contributed by atoms with Gasteiger partial charge >= 0.3 is 18.1 Å². The van der Waals surface area contributed by atoms with Crippen molar-refractivity contribution in [3.8, 4) is 17.4 Å². The molecule has 1 aromatic heterocycles. The van der Waals surface area contributed by atoms with Gasteiger partial charge in [-0.2, -0.15) is 13.2 Å². The second kappa shape index (κ2) is 13.7. The Morgan fingerprint density at radius 2 is 1.58 bits per heavy atom. The van der Waals surface area contributed by atoms with E-state index in [-0.39, 0.29) is 30.6 Å². The molecule has 1 aromatic carbocycles. The molecule has 0 aliphatic rings. The fourth-order valence-electron chi connectivity index (χ4n) is 3.01. The van der Waals surface area contributed by atoms with E-state index in [4.69, 9.17) is 18.9 Å². The quantitative estimate of drug-likeness (QED) is 0.226. The smallest absolute Gasteiger partial charge is 0.417 e. The molecule has 0 aliphatic carbocycles. The third kappa shape index (κ3) is 8.73. The minimum Gasteiger partial charge on any atom is -0.479 e. The van der Waals surface area contributed by atoms with Crippen LogP contribution in [0.15, 0.2) is 36.5 Å². The van der Waals surface area contributed by atoms with Crippen LogP contribution in [0.5, 0.6) is 17.4 Å². The number of esters is 2. The lowest BCUT2D eigenvalue weighted by Crippen LogP contribution is -2.27. The van der Waals surface area contributed by atoms with Crippen molar-refractivity contribution in [1.29, 1.82) is 0 Å². The predicted octanol–water partition coefficient (Wildman–Crippen LogP) is 6.45. The van der Waals surface area contributed by atoms with Crippen LogP contribution in [0.25, 0.3) is 0 Å². The second-order valence-corrected chi connectivity index (χ2v) is 8.21. The van der Waals surface area contributed by atoms with Crippen LogP contribution in [0.2, 0.25) is 0 Å². The summed E-state index contributed by atoms with van der Waals surface area (Å²) < 4.78 is 60.3. The summed E-state index contributed by atoms with van der Waals surface area (Å²) in [7, 11) is 0. The molecule has 2 rings (SSSR count). The molecular weight excluding hydrogens is 479 g/mol. The fraction of sp³-hybridized carbons (Fsp3) is 0.500. The zero-order valence-electron chi connectivity index (χ0n) is 20.9. The molecule has 2 aromatic rings. The monoisotopic (exact) mass is 511 g/mol. The van der Waals surface area contributed by atoms with E-state index in [0.29, 0.717) is 18.2 Å². The highest BCUT2D eigenvalue weighted by Crippen LogP contribution is 2.35. The molecule has 0 saturated heterocycles. The zero-order valence-corrected chi connectivity index (χ0v) is 20.9. The summed E-state index contributed by atoms with van der Waals surface area (Å²) in [6, 6.07) is 6.49. The van der Waals surface area contributed by atoms with Crippen LogP contribution < -0.4 is 9.47 Å². The topological polar surface area (TPSA) is 84.0 Å². The normalized spacial score (nSPS) is 13.0. The summed E-state index contributed by atoms with van der Waals surface area (Å²) in [4.78, 5) is 28.6. The van der Waals surface area contributed by atoms with Gasteiger partial charge in [0.15, 0.2) is 6.10 Å². The highest BCUT2D eigenvalue weighted by Gasteiger charge is 2.31. The first kappa shape index (κ1) is 28.9. The standard InChI is InChI=1S/C26H32F3NO6/c1-5-7-13-33-24(31)17(3)21-15-20(36-23-12-9-19(16-30-23)26(27,28)29)10-11-22(21)35-18(4)25(32)34-14-8-6-2/h9-12,15-18H,5-8,13-14H2,1-4H3. The van der Waals surface area contributed by atoms with Crippen LogP contribution in [-0.4, -0.2) is 36.2 Å². The average Bonchev–Trinajstić information content (AvgIpc) is 2.84. The molecule has 0 amide bonds. The average molecular weight is 512 g/mol. The molecule has 7 nitrogen and oxygen atoms in total. The summed E-state index contributed by atoms with van der Waals surface area (Å²) >= 11 is 0. The van der Waals surface area contributed by atoms with Crippen molar-refractivity contribution in [3.63, 3.8) is 0 Å². The first-order valence-electron chi connectivity index (χ1n) is 11.9. The Hall–Kier alpha value is -3.30. The van der Waals surface area contributed by atoms with E-state index in [9.17, 15) is 22.8 Å². The van der Waals surface area contributed by atoms with E-state index in [0.717, 1.165) is 31.4 Å². The van der Waals surface area contributed by atoms with Crippen molar-refractivity contribution in [1.82, 2.24) is 4.98 Å². The number of rotatable bonds is 13. The summed E-state index contributed by atoms with van der Waals surface area (Å²) in [5.74, 6) is -1.39. The van der Waals surface area contributed by atoms with Crippen molar-refractivity contribution in [2.24, 2.45) is 0 Å². The number of ether oxygens (including phenoxy) is 4. The molecular formula is C26H32F3NO6. The number of halogens is 3. The van der Waals surface area contributed by atoms with Gasteiger partial charge in [0.25, 0.3) is 0 Å². The number of hydrogen-bond donors (Lipinski definition) is 0. The van der Waals surface area contributed by atoms with Gasteiger partial charge in [0.05, 0.1) is 24.7 Å². The van der Waals surface area contributed by atoms with Crippen LogP contribution in [0.3, 0.4) is 0 Å². The number of carbonyl (C=O) groups excluding carboxylic acids is 2. The number of alkyl halides is 3. The summed E-state index contributed by atoms with van der Waals surface area (Å²) in [5, 5.41) is 0. The number of hydrogen-bond acceptors (Lipinski definition) is 7. The van der Waals surface area contributed by atoms with Crippen molar-refractivity contribution in [3.05, 3.63) is 47.7 Å². The summed E-state index contributed by atoms with van der Waals surface area (Å²) in [6.45, 7) is 7.66. The molecule has 1 heterocycles. The van der Waals surface area contributed by atoms with E-state index < -0.39 is 35.7 Å². The van der Waals surface area contributed by atoms with Gasteiger partial charge in [0.1, 0.15) is 11.5 Å².